The Kier molecular flexibility index (Phi) is 5.18. The number of alkyl halides is 1. The molecule has 2 unspecified atom stereocenters. The fraction of sp³-hybridized carbons (Fsp3) is 0.462. The average molecular weight is 378 g/mol. The van der Waals surface area contributed by atoms with E-state index in [-0.39, 0.29) is 23.4 Å². The SMILES string of the molecule is CC1COC(CBr)CN1C(=O)c1cc(Cl)ccc1[N+](=O)[O-]. The van der Waals surface area contributed by atoms with E-state index in [0.717, 1.165) is 0 Å². The number of carbonyl (C=O) groups excluding carboxylic acids is 1. The highest BCUT2D eigenvalue weighted by Crippen LogP contribution is 2.26. The summed E-state index contributed by atoms with van der Waals surface area (Å²) in [6, 6.07) is 3.85. The lowest BCUT2D eigenvalue weighted by Gasteiger charge is -2.37. The van der Waals surface area contributed by atoms with Gasteiger partial charge in [-0.3, -0.25) is 14.9 Å². The third-order valence-corrected chi connectivity index (χ3v) is 4.28. The highest BCUT2D eigenvalue weighted by atomic mass is 79.9. The number of ether oxygens (including phenoxy) is 1. The van der Waals surface area contributed by atoms with Crippen LogP contribution in [0.1, 0.15) is 17.3 Å². The van der Waals surface area contributed by atoms with E-state index in [1.807, 2.05) is 6.92 Å². The number of hydrogen-bond acceptors (Lipinski definition) is 4. The molecule has 114 valence electrons. The van der Waals surface area contributed by atoms with Crippen molar-refractivity contribution in [3.05, 3.63) is 38.9 Å². The van der Waals surface area contributed by atoms with Crippen molar-refractivity contribution < 1.29 is 14.5 Å². The van der Waals surface area contributed by atoms with Crippen molar-refractivity contribution in [2.24, 2.45) is 0 Å². The molecule has 1 amide bonds. The van der Waals surface area contributed by atoms with Crippen LogP contribution >= 0.6 is 27.5 Å². The predicted octanol–water partition coefficient (Wildman–Crippen LogP) is 2.87. The Morgan fingerprint density at radius 1 is 1.62 bits per heavy atom. The summed E-state index contributed by atoms with van der Waals surface area (Å²) in [5.41, 5.74) is -0.229. The molecule has 0 saturated carbocycles. The molecule has 1 fully saturated rings. The van der Waals surface area contributed by atoms with Crippen molar-refractivity contribution in [3.63, 3.8) is 0 Å². The summed E-state index contributed by atoms with van der Waals surface area (Å²) in [5.74, 6) is -0.397. The summed E-state index contributed by atoms with van der Waals surface area (Å²) >= 11 is 9.19. The van der Waals surface area contributed by atoms with E-state index in [9.17, 15) is 14.9 Å². The number of rotatable bonds is 3. The van der Waals surface area contributed by atoms with Crippen molar-refractivity contribution in [3.8, 4) is 0 Å². The minimum absolute atomic E-state index is 0.00886. The molecule has 0 bridgehead atoms. The zero-order valence-corrected chi connectivity index (χ0v) is 13.6. The van der Waals surface area contributed by atoms with Gasteiger partial charge in [0, 0.05) is 23.0 Å². The maximum atomic E-state index is 12.6. The summed E-state index contributed by atoms with van der Waals surface area (Å²) in [4.78, 5) is 24.7. The van der Waals surface area contributed by atoms with Gasteiger partial charge < -0.3 is 9.64 Å². The number of benzene rings is 1. The number of nitro benzene ring substituents is 1. The van der Waals surface area contributed by atoms with Gasteiger partial charge in [-0.05, 0) is 19.1 Å². The number of nitro groups is 1. The third-order valence-electron chi connectivity index (χ3n) is 3.32. The first-order chi connectivity index (χ1) is 9.93. The minimum Gasteiger partial charge on any atom is -0.373 e. The predicted molar refractivity (Wildman–Crippen MR) is 82.1 cm³/mol. The van der Waals surface area contributed by atoms with E-state index in [1.54, 1.807) is 4.90 Å². The van der Waals surface area contributed by atoms with E-state index >= 15 is 0 Å². The van der Waals surface area contributed by atoms with E-state index in [2.05, 4.69) is 15.9 Å². The Bertz CT molecular complexity index is 569. The Balaban J connectivity index is 2.34. The number of halogens is 2. The van der Waals surface area contributed by atoms with Crippen LogP contribution < -0.4 is 0 Å². The van der Waals surface area contributed by atoms with Gasteiger partial charge in [-0.25, -0.2) is 0 Å². The number of amides is 1. The second kappa shape index (κ2) is 6.72. The van der Waals surface area contributed by atoms with Gasteiger partial charge in [0.05, 0.1) is 23.7 Å². The molecule has 0 aliphatic carbocycles. The highest BCUT2D eigenvalue weighted by molar-refractivity contribution is 9.09. The highest BCUT2D eigenvalue weighted by Gasteiger charge is 2.33. The normalized spacial score (nSPS) is 22.1. The molecule has 21 heavy (non-hydrogen) atoms. The van der Waals surface area contributed by atoms with Crippen molar-refractivity contribution in [1.82, 2.24) is 4.90 Å². The van der Waals surface area contributed by atoms with Gasteiger partial charge >= 0.3 is 0 Å². The van der Waals surface area contributed by atoms with Crippen LogP contribution in [0.2, 0.25) is 5.02 Å². The smallest absolute Gasteiger partial charge is 0.282 e. The van der Waals surface area contributed by atoms with Crippen molar-refractivity contribution in [2.75, 3.05) is 18.5 Å². The van der Waals surface area contributed by atoms with E-state index in [4.69, 9.17) is 16.3 Å². The molecule has 2 atom stereocenters. The molecule has 1 aliphatic heterocycles. The Morgan fingerprint density at radius 3 is 2.95 bits per heavy atom. The van der Waals surface area contributed by atoms with Crippen LogP contribution in [0, 0.1) is 10.1 Å². The van der Waals surface area contributed by atoms with Crippen LogP contribution in [0.25, 0.3) is 0 Å². The summed E-state index contributed by atoms with van der Waals surface area (Å²) in [5, 5.41) is 12.0. The molecule has 1 saturated heterocycles. The summed E-state index contributed by atoms with van der Waals surface area (Å²) in [6.07, 6.45) is -0.122. The molecule has 0 N–H and O–H groups in total. The van der Waals surface area contributed by atoms with Crippen molar-refractivity contribution in [1.29, 1.82) is 0 Å². The first-order valence-electron chi connectivity index (χ1n) is 6.36. The van der Waals surface area contributed by atoms with Crippen LogP contribution in [-0.4, -0.2) is 46.4 Å². The molecule has 6 nitrogen and oxygen atoms in total. The second-order valence-electron chi connectivity index (χ2n) is 4.83. The molecular formula is C13H14BrClN2O4. The van der Waals surface area contributed by atoms with Crippen LogP contribution in [0.5, 0.6) is 0 Å². The van der Waals surface area contributed by atoms with Gasteiger partial charge in [-0.15, -0.1) is 0 Å². The number of nitrogens with zero attached hydrogens (tertiary/aromatic N) is 2. The molecule has 8 heteroatoms. The van der Waals surface area contributed by atoms with E-state index < -0.39 is 10.8 Å². The summed E-state index contributed by atoms with van der Waals surface area (Å²) < 4.78 is 5.56. The topological polar surface area (TPSA) is 72.7 Å². The minimum atomic E-state index is -0.573. The van der Waals surface area contributed by atoms with Gasteiger partial charge in [0.2, 0.25) is 0 Å². The maximum absolute atomic E-state index is 12.6. The second-order valence-corrected chi connectivity index (χ2v) is 5.92. The van der Waals surface area contributed by atoms with E-state index in [1.165, 1.54) is 18.2 Å². The van der Waals surface area contributed by atoms with Crippen LogP contribution in [0.15, 0.2) is 18.2 Å². The molecule has 1 aliphatic rings. The van der Waals surface area contributed by atoms with Gasteiger partial charge in [0.25, 0.3) is 11.6 Å². The van der Waals surface area contributed by atoms with Crippen LogP contribution in [0.4, 0.5) is 5.69 Å². The fourth-order valence-electron chi connectivity index (χ4n) is 2.19. The van der Waals surface area contributed by atoms with Crippen molar-refractivity contribution in [2.45, 2.75) is 19.1 Å². The Morgan fingerprint density at radius 2 is 2.33 bits per heavy atom. The van der Waals surface area contributed by atoms with E-state index in [0.29, 0.717) is 23.5 Å². The van der Waals surface area contributed by atoms with Gasteiger partial charge in [0.1, 0.15) is 5.56 Å². The molecule has 2 rings (SSSR count). The van der Waals surface area contributed by atoms with Gasteiger partial charge in [-0.2, -0.15) is 0 Å². The number of carbonyl (C=O) groups is 1. The monoisotopic (exact) mass is 376 g/mol. The molecule has 0 radical (unpaired) electrons. The van der Waals surface area contributed by atoms with Crippen LogP contribution in [-0.2, 0) is 4.74 Å². The standard InChI is InChI=1S/C13H14BrClN2O4/c1-8-7-21-10(5-14)6-16(8)13(18)11-4-9(15)2-3-12(11)17(19)20/h2-4,8,10H,5-7H2,1H3. The summed E-state index contributed by atoms with van der Waals surface area (Å²) in [7, 11) is 0. The molecule has 0 aromatic heterocycles. The first kappa shape index (κ1) is 16.2. The zero-order chi connectivity index (χ0) is 15.6. The Labute approximate surface area is 135 Å². The molecule has 1 aromatic carbocycles. The zero-order valence-electron chi connectivity index (χ0n) is 11.3. The van der Waals surface area contributed by atoms with Gasteiger partial charge in [0.15, 0.2) is 0 Å². The number of morpholine rings is 1. The molecule has 1 aromatic rings. The van der Waals surface area contributed by atoms with Gasteiger partial charge in [-0.1, -0.05) is 27.5 Å². The van der Waals surface area contributed by atoms with Crippen LogP contribution in [0.3, 0.4) is 0 Å². The first-order valence-corrected chi connectivity index (χ1v) is 7.86. The molecular weight excluding hydrogens is 364 g/mol. The van der Waals surface area contributed by atoms with Crippen molar-refractivity contribution >= 4 is 39.1 Å². The maximum Gasteiger partial charge on any atom is 0.282 e. The lowest BCUT2D eigenvalue weighted by atomic mass is 10.1. The Hall–Kier alpha value is -1.18. The fourth-order valence-corrected chi connectivity index (χ4v) is 2.75. The lowest BCUT2D eigenvalue weighted by Crippen LogP contribution is -2.51. The quantitative estimate of drug-likeness (QED) is 0.461. The third kappa shape index (κ3) is 3.53. The summed E-state index contributed by atoms with van der Waals surface area (Å²) in [6.45, 7) is 2.63. The molecule has 1 heterocycles. The largest absolute Gasteiger partial charge is 0.373 e. The average Bonchev–Trinajstić information content (AvgIpc) is 2.46. The molecule has 0 spiro atoms. The number of hydrogen-bond donors (Lipinski definition) is 0. The lowest BCUT2D eigenvalue weighted by molar-refractivity contribution is -0.385.